The molecule has 1 aromatic rings. The molecule has 0 aromatic heterocycles. The standard InChI is InChI=1S/C23H33N3O4S2/c1-13(2)17(12-27)25-19(28)16(10-11-31-5)24-20(29)18-23(3,4)32-22-15-9-7-6-8-14(15)21(30)26(18)22/h6-9,13,16-18,22,27H,10-12H2,1-5H3,(H,24,29)(H,25,28)/t16-,17+,18-,22-/m0/s1. The van der Waals surface area contributed by atoms with Gasteiger partial charge in [-0.3, -0.25) is 14.4 Å². The topological polar surface area (TPSA) is 98.7 Å². The molecule has 9 heteroatoms. The van der Waals surface area contributed by atoms with Crippen LogP contribution in [0.5, 0.6) is 0 Å². The number of rotatable bonds is 9. The molecule has 0 radical (unpaired) electrons. The number of amides is 3. The lowest BCUT2D eigenvalue weighted by atomic mass is 9.99. The average molecular weight is 480 g/mol. The smallest absolute Gasteiger partial charge is 0.256 e. The summed E-state index contributed by atoms with van der Waals surface area (Å²) in [6.45, 7) is 7.61. The van der Waals surface area contributed by atoms with Gasteiger partial charge in [-0.25, -0.2) is 0 Å². The van der Waals surface area contributed by atoms with Crippen LogP contribution in [0.1, 0.15) is 55.4 Å². The number of aliphatic hydroxyl groups excluding tert-OH is 1. The van der Waals surface area contributed by atoms with E-state index in [-0.39, 0.29) is 41.7 Å². The highest BCUT2D eigenvalue weighted by atomic mass is 32.2. The Labute approximate surface area is 198 Å². The summed E-state index contributed by atoms with van der Waals surface area (Å²) in [5.41, 5.74) is 1.57. The number of thioether (sulfide) groups is 2. The van der Waals surface area contributed by atoms with Gasteiger partial charge in [0, 0.05) is 10.3 Å². The second kappa shape index (κ2) is 10.1. The van der Waals surface area contributed by atoms with Crippen LogP contribution in [0.4, 0.5) is 0 Å². The first-order valence-corrected chi connectivity index (χ1v) is 13.2. The molecule has 32 heavy (non-hydrogen) atoms. The molecule has 7 nitrogen and oxygen atoms in total. The predicted octanol–water partition coefficient (Wildman–Crippen LogP) is 2.41. The SMILES string of the molecule is CSCC[C@H](NC(=O)[C@@H]1N2C(=O)c3ccccc3[C@@H]2SC1(C)C)C(=O)N[C@H](CO)C(C)C. The molecule has 0 aliphatic carbocycles. The summed E-state index contributed by atoms with van der Waals surface area (Å²) in [5, 5.41) is 15.2. The highest BCUT2D eigenvalue weighted by Crippen LogP contribution is 2.56. The molecule has 0 unspecified atom stereocenters. The van der Waals surface area contributed by atoms with Gasteiger partial charge < -0.3 is 20.6 Å². The fourth-order valence-electron chi connectivity index (χ4n) is 4.27. The third-order valence-corrected chi connectivity index (χ3v) is 8.30. The predicted molar refractivity (Wildman–Crippen MR) is 130 cm³/mol. The molecule has 3 rings (SSSR count). The molecular weight excluding hydrogens is 446 g/mol. The summed E-state index contributed by atoms with van der Waals surface area (Å²) >= 11 is 3.19. The Kier molecular flexibility index (Phi) is 7.83. The number of nitrogens with one attached hydrogen (secondary N) is 2. The Morgan fingerprint density at radius 3 is 2.56 bits per heavy atom. The lowest BCUT2D eigenvalue weighted by molar-refractivity contribution is -0.132. The minimum atomic E-state index is -0.734. The van der Waals surface area contributed by atoms with Crippen molar-refractivity contribution in [3.63, 3.8) is 0 Å². The highest BCUT2D eigenvalue weighted by molar-refractivity contribution is 8.01. The van der Waals surface area contributed by atoms with Crippen LogP contribution in [0.2, 0.25) is 0 Å². The first-order valence-electron chi connectivity index (χ1n) is 10.9. The van der Waals surface area contributed by atoms with Crippen molar-refractivity contribution in [3.05, 3.63) is 35.4 Å². The van der Waals surface area contributed by atoms with Crippen molar-refractivity contribution in [3.8, 4) is 0 Å². The van der Waals surface area contributed by atoms with Crippen LogP contribution >= 0.6 is 23.5 Å². The van der Waals surface area contributed by atoms with Gasteiger partial charge in [0.05, 0.1) is 12.6 Å². The van der Waals surface area contributed by atoms with Crippen molar-refractivity contribution in [2.24, 2.45) is 5.92 Å². The fourth-order valence-corrected chi connectivity index (χ4v) is 6.33. The quantitative estimate of drug-likeness (QED) is 0.503. The van der Waals surface area contributed by atoms with E-state index in [1.807, 2.05) is 52.1 Å². The van der Waals surface area contributed by atoms with Gasteiger partial charge >= 0.3 is 0 Å². The maximum absolute atomic E-state index is 13.5. The van der Waals surface area contributed by atoms with Crippen molar-refractivity contribution < 1.29 is 19.5 Å². The lowest BCUT2D eigenvalue weighted by Gasteiger charge is -2.31. The Bertz CT molecular complexity index is 877. The Morgan fingerprint density at radius 1 is 1.25 bits per heavy atom. The number of fused-ring (bicyclic) bond motifs is 3. The Balaban J connectivity index is 1.81. The minimum Gasteiger partial charge on any atom is -0.394 e. The van der Waals surface area contributed by atoms with Gasteiger partial charge in [-0.2, -0.15) is 11.8 Å². The number of benzene rings is 1. The minimum absolute atomic E-state index is 0.0625. The van der Waals surface area contributed by atoms with Crippen molar-refractivity contribution in [2.45, 2.75) is 62.4 Å². The highest BCUT2D eigenvalue weighted by Gasteiger charge is 2.57. The first-order chi connectivity index (χ1) is 15.1. The molecule has 2 aliphatic heterocycles. The fraction of sp³-hybridized carbons (Fsp3) is 0.609. The molecule has 0 spiro atoms. The molecule has 1 saturated heterocycles. The zero-order valence-electron chi connectivity index (χ0n) is 19.3. The number of nitrogens with zero attached hydrogens (tertiary/aromatic N) is 1. The second-order valence-corrected chi connectivity index (χ2v) is 11.9. The normalized spacial score (nSPS) is 23.0. The van der Waals surface area contributed by atoms with Crippen LogP contribution in [-0.4, -0.2) is 69.2 Å². The number of carbonyl (C=O) groups is 3. The molecule has 1 aromatic carbocycles. The average Bonchev–Trinajstić information content (AvgIpc) is 3.18. The van der Waals surface area contributed by atoms with E-state index >= 15 is 0 Å². The van der Waals surface area contributed by atoms with E-state index < -0.39 is 16.8 Å². The van der Waals surface area contributed by atoms with Gasteiger partial charge in [-0.1, -0.05) is 32.0 Å². The van der Waals surface area contributed by atoms with Crippen molar-refractivity contribution >= 4 is 41.2 Å². The maximum atomic E-state index is 13.5. The van der Waals surface area contributed by atoms with E-state index in [1.54, 1.807) is 34.5 Å². The number of hydrogen-bond donors (Lipinski definition) is 3. The zero-order valence-corrected chi connectivity index (χ0v) is 20.9. The lowest BCUT2D eigenvalue weighted by Crippen LogP contribution is -2.58. The molecule has 3 N–H and O–H groups in total. The zero-order chi connectivity index (χ0) is 23.6. The van der Waals surface area contributed by atoms with Crippen molar-refractivity contribution in [2.75, 3.05) is 18.6 Å². The van der Waals surface area contributed by atoms with Crippen molar-refractivity contribution in [1.82, 2.24) is 15.5 Å². The largest absolute Gasteiger partial charge is 0.394 e. The third kappa shape index (κ3) is 4.79. The van der Waals surface area contributed by atoms with E-state index in [1.165, 1.54) is 0 Å². The van der Waals surface area contributed by atoms with Gasteiger partial charge in [-0.15, -0.1) is 11.8 Å². The van der Waals surface area contributed by atoms with E-state index in [4.69, 9.17) is 0 Å². The molecular formula is C23H33N3O4S2. The number of aliphatic hydroxyl groups is 1. The maximum Gasteiger partial charge on any atom is 0.256 e. The summed E-state index contributed by atoms with van der Waals surface area (Å²) in [4.78, 5) is 41.3. The van der Waals surface area contributed by atoms with Crippen LogP contribution < -0.4 is 10.6 Å². The van der Waals surface area contributed by atoms with Crippen LogP contribution in [0.15, 0.2) is 24.3 Å². The third-order valence-electron chi connectivity index (χ3n) is 6.12. The summed E-state index contributed by atoms with van der Waals surface area (Å²) in [6, 6.07) is 5.67. The monoisotopic (exact) mass is 479 g/mol. The van der Waals surface area contributed by atoms with Gasteiger partial charge in [0.25, 0.3) is 5.91 Å². The molecule has 0 bridgehead atoms. The Hall–Kier alpha value is -1.71. The van der Waals surface area contributed by atoms with Crippen molar-refractivity contribution in [1.29, 1.82) is 0 Å². The van der Waals surface area contributed by atoms with Gasteiger partial charge in [0.15, 0.2) is 0 Å². The molecule has 2 aliphatic rings. The molecule has 1 fully saturated rings. The number of hydrogen-bond acceptors (Lipinski definition) is 6. The summed E-state index contributed by atoms with van der Waals surface area (Å²) in [5.74, 6) is -0.0149. The first kappa shape index (κ1) is 24.9. The second-order valence-electron chi connectivity index (χ2n) is 9.16. The molecule has 2 heterocycles. The van der Waals surface area contributed by atoms with Crippen LogP contribution in [0.3, 0.4) is 0 Å². The summed E-state index contributed by atoms with van der Waals surface area (Å²) in [7, 11) is 0. The van der Waals surface area contributed by atoms with Crippen LogP contribution in [0, 0.1) is 5.92 Å². The molecule has 0 saturated carbocycles. The van der Waals surface area contributed by atoms with Gasteiger partial charge in [-0.05, 0) is 49.8 Å². The van der Waals surface area contributed by atoms with E-state index in [0.717, 1.165) is 5.56 Å². The molecule has 4 atom stereocenters. The van der Waals surface area contributed by atoms with Gasteiger partial charge in [0.1, 0.15) is 17.5 Å². The Morgan fingerprint density at radius 2 is 1.94 bits per heavy atom. The van der Waals surface area contributed by atoms with Crippen LogP contribution in [0.25, 0.3) is 0 Å². The van der Waals surface area contributed by atoms with E-state index in [0.29, 0.717) is 17.7 Å². The molecule has 3 amide bonds. The van der Waals surface area contributed by atoms with E-state index in [2.05, 4.69) is 10.6 Å². The molecule has 176 valence electrons. The van der Waals surface area contributed by atoms with Crippen LogP contribution in [-0.2, 0) is 9.59 Å². The number of carbonyl (C=O) groups excluding carboxylic acids is 3. The van der Waals surface area contributed by atoms with E-state index in [9.17, 15) is 19.5 Å². The van der Waals surface area contributed by atoms with Gasteiger partial charge in [0.2, 0.25) is 11.8 Å². The summed E-state index contributed by atoms with van der Waals surface area (Å²) in [6.07, 6.45) is 2.41. The summed E-state index contributed by atoms with van der Waals surface area (Å²) < 4.78 is -0.510.